The molecule has 1 aromatic heterocycles. The molecule has 0 radical (unpaired) electrons. The van der Waals surface area contributed by atoms with Crippen LogP contribution in [0, 0.1) is 6.92 Å². The average molecular weight is 262 g/mol. The van der Waals surface area contributed by atoms with Gasteiger partial charge in [-0.2, -0.15) is 0 Å². The molecule has 0 amide bonds. The molecule has 3 N–H and O–H groups in total. The number of rotatable bonds is 2. The van der Waals surface area contributed by atoms with Gasteiger partial charge in [0.25, 0.3) is 5.56 Å². The molecule has 18 heavy (non-hydrogen) atoms. The number of hydrogen-bond donors (Lipinski definition) is 2. The summed E-state index contributed by atoms with van der Waals surface area (Å²) in [5.41, 5.74) is 8.10. The van der Waals surface area contributed by atoms with E-state index < -0.39 is 10.8 Å². The first-order valence-electron chi connectivity index (χ1n) is 5.42. The third-order valence-corrected chi connectivity index (χ3v) is 3.70. The van der Waals surface area contributed by atoms with Gasteiger partial charge in [0.15, 0.2) is 0 Å². The summed E-state index contributed by atoms with van der Waals surface area (Å²) in [6, 6.07) is 9.03. The molecular weight excluding hydrogens is 248 g/mol. The van der Waals surface area contributed by atoms with Crippen LogP contribution in [0.15, 0.2) is 40.0 Å². The summed E-state index contributed by atoms with van der Waals surface area (Å²) in [4.78, 5) is 14.8. The van der Waals surface area contributed by atoms with Crippen LogP contribution in [0.5, 0.6) is 0 Å². The van der Waals surface area contributed by atoms with Crippen LogP contribution >= 0.6 is 0 Å². The van der Waals surface area contributed by atoms with Gasteiger partial charge in [0.05, 0.1) is 5.69 Å². The van der Waals surface area contributed by atoms with Gasteiger partial charge in [-0.25, -0.2) is 0 Å². The van der Waals surface area contributed by atoms with E-state index in [0.29, 0.717) is 0 Å². The highest BCUT2D eigenvalue weighted by atomic mass is 32.2. The Kier molecular flexibility index (Phi) is 3.34. The zero-order valence-corrected chi connectivity index (χ0v) is 11.0. The largest absolute Gasteiger partial charge is 0.394 e. The fourth-order valence-electron chi connectivity index (χ4n) is 1.77. The number of aryl methyl sites for hydroxylation is 1. The lowest BCUT2D eigenvalue weighted by molar-refractivity contribution is 0.687. The smallest absolute Gasteiger partial charge is 0.271 e. The number of nitrogens with two attached hydrogens (primary N) is 1. The van der Waals surface area contributed by atoms with Gasteiger partial charge in [-0.05, 0) is 30.7 Å². The van der Waals surface area contributed by atoms with E-state index in [0.717, 1.165) is 21.7 Å². The molecule has 2 rings (SSSR count). The quantitative estimate of drug-likeness (QED) is 0.864. The molecule has 0 aliphatic rings. The lowest BCUT2D eigenvalue weighted by Gasteiger charge is -2.07. The van der Waals surface area contributed by atoms with Crippen molar-refractivity contribution in [2.24, 2.45) is 0 Å². The average Bonchev–Trinajstić information content (AvgIpc) is 2.34. The minimum atomic E-state index is -0.990. The number of aromatic nitrogens is 1. The summed E-state index contributed by atoms with van der Waals surface area (Å²) in [5, 5.41) is 0. The number of pyridine rings is 1. The predicted octanol–water partition coefficient (Wildman–Crippen LogP) is 1.67. The molecule has 1 heterocycles. The van der Waals surface area contributed by atoms with Crippen molar-refractivity contribution in [1.82, 2.24) is 4.98 Å². The maximum Gasteiger partial charge on any atom is 0.271 e. The van der Waals surface area contributed by atoms with Crippen molar-refractivity contribution in [2.75, 3.05) is 12.0 Å². The summed E-state index contributed by atoms with van der Waals surface area (Å²) in [6.45, 7) is 1.82. The standard InChI is InChI=1S/C13H14N2O2S/c1-8-11(7-12(14)13(16)15-8)9-3-5-10(6-4-9)18(2)17/h3-7H,14H2,1-2H3,(H,15,16). The maximum absolute atomic E-state index is 11.3. The van der Waals surface area contributed by atoms with Gasteiger partial charge < -0.3 is 10.7 Å². The first kappa shape index (κ1) is 12.6. The van der Waals surface area contributed by atoms with Crippen LogP contribution < -0.4 is 11.3 Å². The van der Waals surface area contributed by atoms with E-state index in [2.05, 4.69) is 4.98 Å². The topological polar surface area (TPSA) is 75.9 Å². The normalized spacial score (nSPS) is 12.3. The number of hydrogen-bond acceptors (Lipinski definition) is 3. The van der Waals surface area contributed by atoms with E-state index in [9.17, 15) is 9.00 Å². The molecule has 0 saturated heterocycles. The van der Waals surface area contributed by atoms with Crippen LogP contribution in [0.1, 0.15) is 5.69 Å². The van der Waals surface area contributed by atoms with Crippen LogP contribution in [-0.4, -0.2) is 15.4 Å². The second-order valence-electron chi connectivity index (χ2n) is 4.07. The Morgan fingerprint density at radius 3 is 2.39 bits per heavy atom. The van der Waals surface area contributed by atoms with E-state index in [1.54, 1.807) is 12.3 Å². The molecule has 1 aromatic carbocycles. The van der Waals surface area contributed by atoms with Crippen LogP contribution in [0.25, 0.3) is 11.1 Å². The third kappa shape index (κ3) is 2.36. The monoisotopic (exact) mass is 262 g/mol. The van der Waals surface area contributed by atoms with Crippen LogP contribution in [0.4, 0.5) is 5.69 Å². The van der Waals surface area contributed by atoms with Crippen molar-refractivity contribution in [3.63, 3.8) is 0 Å². The number of nitrogens with one attached hydrogen (secondary N) is 1. The van der Waals surface area contributed by atoms with E-state index in [1.165, 1.54) is 0 Å². The molecule has 4 nitrogen and oxygen atoms in total. The molecule has 0 fully saturated rings. The number of aromatic amines is 1. The summed E-state index contributed by atoms with van der Waals surface area (Å²) in [7, 11) is -0.990. The van der Waals surface area contributed by atoms with Crippen LogP contribution in [0.3, 0.4) is 0 Å². The first-order chi connectivity index (χ1) is 8.49. The summed E-state index contributed by atoms with van der Waals surface area (Å²) >= 11 is 0. The lowest BCUT2D eigenvalue weighted by Crippen LogP contribution is -2.13. The second-order valence-corrected chi connectivity index (χ2v) is 5.45. The fraction of sp³-hybridized carbons (Fsp3) is 0.154. The third-order valence-electron chi connectivity index (χ3n) is 2.76. The summed E-state index contributed by atoms with van der Waals surface area (Å²) in [6.07, 6.45) is 1.64. The van der Waals surface area contributed by atoms with Crippen molar-refractivity contribution < 1.29 is 4.21 Å². The molecule has 5 heteroatoms. The van der Waals surface area contributed by atoms with E-state index in [1.807, 2.05) is 31.2 Å². The van der Waals surface area contributed by atoms with Crippen molar-refractivity contribution in [3.8, 4) is 11.1 Å². The van der Waals surface area contributed by atoms with Gasteiger partial charge in [0.1, 0.15) is 0 Å². The molecule has 2 aromatic rings. The zero-order valence-electron chi connectivity index (χ0n) is 10.2. The van der Waals surface area contributed by atoms with Crippen molar-refractivity contribution in [1.29, 1.82) is 0 Å². The molecule has 0 saturated carbocycles. The molecule has 1 atom stereocenters. The molecule has 1 unspecified atom stereocenters. The Morgan fingerprint density at radius 1 is 1.22 bits per heavy atom. The van der Waals surface area contributed by atoms with Gasteiger partial charge >= 0.3 is 0 Å². The van der Waals surface area contributed by atoms with Gasteiger partial charge in [0.2, 0.25) is 0 Å². The molecule has 0 aliphatic carbocycles. The SMILES string of the molecule is Cc1[nH]c(=O)c(N)cc1-c1ccc(S(C)=O)cc1. The predicted molar refractivity (Wildman–Crippen MR) is 74.0 cm³/mol. The number of H-pyrrole nitrogens is 1. The number of anilines is 1. The highest BCUT2D eigenvalue weighted by molar-refractivity contribution is 7.84. The zero-order chi connectivity index (χ0) is 13.3. The van der Waals surface area contributed by atoms with Crippen molar-refractivity contribution in [3.05, 3.63) is 46.4 Å². The molecular formula is C13H14N2O2S. The summed E-state index contributed by atoms with van der Waals surface area (Å²) in [5.74, 6) is 0. The Bertz CT molecular complexity index is 660. The number of nitrogen functional groups attached to an aromatic ring is 1. The molecule has 0 bridgehead atoms. The summed E-state index contributed by atoms with van der Waals surface area (Å²) < 4.78 is 11.3. The van der Waals surface area contributed by atoms with Gasteiger partial charge in [-0.1, -0.05) is 12.1 Å². The van der Waals surface area contributed by atoms with Gasteiger partial charge in [-0.15, -0.1) is 0 Å². The number of benzene rings is 1. The fourth-order valence-corrected chi connectivity index (χ4v) is 2.28. The van der Waals surface area contributed by atoms with Crippen LogP contribution in [0.2, 0.25) is 0 Å². The van der Waals surface area contributed by atoms with E-state index in [-0.39, 0.29) is 11.2 Å². The highest BCUT2D eigenvalue weighted by Gasteiger charge is 2.06. The Labute approximate surface area is 107 Å². The van der Waals surface area contributed by atoms with Gasteiger partial charge in [0, 0.05) is 33.2 Å². The minimum absolute atomic E-state index is 0.193. The highest BCUT2D eigenvalue weighted by Crippen LogP contribution is 2.23. The van der Waals surface area contributed by atoms with E-state index in [4.69, 9.17) is 5.73 Å². The first-order valence-corrected chi connectivity index (χ1v) is 6.98. The minimum Gasteiger partial charge on any atom is -0.394 e. The Hall–Kier alpha value is -1.88. The van der Waals surface area contributed by atoms with E-state index >= 15 is 0 Å². The Morgan fingerprint density at radius 2 is 1.83 bits per heavy atom. The van der Waals surface area contributed by atoms with Crippen LogP contribution in [-0.2, 0) is 10.8 Å². The molecule has 0 aliphatic heterocycles. The molecule has 94 valence electrons. The van der Waals surface area contributed by atoms with Crippen molar-refractivity contribution in [2.45, 2.75) is 11.8 Å². The Balaban J connectivity index is 2.52. The molecule has 0 spiro atoms. The van der Waals surface area contributed by atoms with Crippen molar-refractivity contribution >= 4 is 16.5 Å². The maximum atomic E-state index is 11.3. The lowest BCUT2D eigenvalue weighted by atomic mass is 10.0. The van der Waals surface area contributed by atoms with Gasteiger partial charge in [-0.3, -0.25) is 9.00 Å². The second kappa shape index (κ2) is 4.78.